The van der Waals surface area contributed by atoms with E-state index in [9.17, 15) is 9.59 Å². The van der Waals surface area contributed by atoms with Crippen LogP contribution in [0.2, 0.25) is 5.22 Å². The second-order valence-electron chi connectivity index (χ2n) is 4.83. The third-order valence-electron chi connectivity index (χ3n) is 3.55. The summed E-state index contributed by atoms with van der Waals surface area (Å²) < 4.78 is 5.17. The third kappa shape index (κ3) is 2.40. The van der Waals surface area contributed by atoms with E-state index in [1.165, 1.54) is 12.1 Å². The highest BCUT2D eigenvalue weighted by molar-refractivity contribution is 6.29. The predicted molar refractivity (Wildman–Crippen MR) is 78.7 cm³/mol. The van der Waals surface area contributed by atoms with Crippen LogP contribution in [0.25, 0.3) is 0 Å². The quantitative estimate of drug-likeness (QED) is 0.926. The highest BCUT2D eigenvalue weighted by atomic mass is 35.5. The van der Waals surface area contributed by atoms with Crippen molar-refractivity contribution in [2.75, 3.05) is 11.4 Å². The summed E-state index contributed by atoms with van der Waals surface area (Å²) in [6.45, 7) is 0.562. The number of amides is 2. The standard InChI is InChI=1S/C15H13ClN2O3/c16-13-7-6-12(21-13)15(20)18-8-2-4-9-10(14(17)19)3-1-5-11(9)18/h1,3,5-7H,2,4,8H2,(H2,17,19). The van der Waals surface area contributed by atoms with Crippen molar-refractivity contribution < 1.29 is 14.0 Å². The fraction of sp³-hybridized carbons (Fsp3) is 0.200. The summed E-state index contributed by atoms with van der Waals surface area (Å²) in [4.78, 5) is 25.6. The predicted octanol–water partition coefficient (Wildman–Crippen LogP) is 2.62. The molecule has 108 valence electrons. The zero-order valence-corrected chi connectivity index (χ0v) is 11.9. The van der Waals surface area contributed by atoms with Gasteiger partial charge < -0.3 is 15.1 Å². The maximum absolute atomic E-state index is 12.5. The Kier molecular flexibility index (Phi) is 3.43. The van der Waals surface area contributed by atoms with Crippen LogP contribution in [0.5, 0.6) is 0 Å². The van der Waals surface area contributed by atoms with Crippen molar-refractivity contribution in [3.63, 3.8) is 0 Å². The minimum Gasteiger partial charge on any atom is -0.440 e. The van der Waals surface area contributed by atoms with Crippen LogP contribution in [-0.2, 0) is 6.42 Å². The molecular weight excluding hydrogens is 292 g/mol. The lowest BCUT2D eigenvalue weighted by atomic mass is 9.95. The number of rotatable bonds is 2. The molecule has 0 saturated carbocycles. The Morgan fingerprint density at radius 1 is 1.24 bits per heavy atom. The SMILES string of the molecule is NC(=O)c1cccc2c1CCCN2C(=O)c1ccc(Cl)o1. The van der Waals surface area contributed by atoms with Crippen LogP contribution in [0.3, 0.4) is 0 Å². The molecule has 2 N–H and O–H groups in total. The lowest BCUT2D eigenvalue weighted by molar-refractivity contribution is 0.0955. The summed E-state index contributed by atoms with van der Waals surface area (Å²) in [6, 6.07) is 8.28. The number of hydrogen-bond acceptors (Lipinski definition) is 3. The Bertz CT molecular complexity index is 723. The Morgan fingerprint density at radius 2 is 2.05 bits per heavy atom. The number of nitrogens with two attached hydrogens (primary N) is 1. The molecule has 1 aromatic heterocycles. The summed E-state index contributed by atoms with van der Waals surface area (Å²) in [6.07, 6.45) is 1.48. The number of carbonyl (C=O) groups is 2. The summed E-state index contributed by atoms with van der Waals surface area (Å²) in [5.74, 6) is -0.580. The molecule has 1 aliphatic heterocycles. The van der Waals surface area contributed by atoms with Crippen LogP contribution < -0.4 is 10.6 Å². The first kappa shape index (κ1) is 13.7. The Balaban J connectivity index is 2.03. The molecule has 1 aliphatic rings. The fourth-order valence-electron chi connectivity index (χ4n) is 2.63. The molecule has 2 amide bonds. The maximum atomic E-state index is 12.5. The van der Waals surface area contributed by atoms with Gasteiger partial charge in [-0.15, -0.1) is 0 Å². The van der Waals surface area contributed by atoms with Gasteiger partial charge in [0.2, 0.25) is 5.91 Å². The van der Waals surface area contributed by atoms with Crippen molar-refractivity contribution in [3.05, 3.63) is 52.4 Å². The first-order chi connectivity index (χ1) is 10.1. The molecule has 1 aromatic carbocycles. The van der Waals surface area contributed by atoms with Gasteiger partial charge in [-0.2, -0.15) is 0 Å². The zero-order chi connectivity index (χ0) is 15.0. The van der Waals surface area contributed by atoms with Gasteiger partial charge in [-0.05, 0) is 54.3 Å². The first-order valence-electron chi connectivity index (χ1n) is 6.57. The van der Waals surface area contributed by atoms with Gasteiger partial charge in [0.1, 0.15) is 0 Å². The van der Waals surface area contributed by atoms with Gasteiger partial charge >= 0.3 is 0 Å². The van der Waals surface area contributed by atoms with E-state index in [0.717, 1.165) is 18.4 Å². The number of primary amides is 1. The van der Waals surface area contributed by atoms with Crippen LogP contribution in [-0.4, -0.2) is 18.4 Å². The van der Waals surface area contributed by atoms with Gasteiger partial charge in [-0.1, -0.05) is 6.07 Å². The molecule has 0 spiro atoms. The smallest absolute Gasteiger partial charge is 0.294 e. The van der Waals surface area contributed by atoms with E-state index < -0.39 is 5.91 Å². The number of fused-ring (bicyclic) bond motifs is 1. The van der Waals surface area contributed by atoms with E-state index >= 15 is 0 Å². The minimum absolute atomic E-state index is 0.168. The molecule has 0 aliphatic carbocycles. The van der Waals surface area contributed by atoms with Crippen molar-refractivity contribution >= 4 is 29.1 Å². The van der Waals surface area contributed by atoms with E-state index in [1.54, 1.807) is 17.0 Å². The summed E-state index contributed by atoms with van der Waals surface area (Å²) in [5.41, 5.74) is 7.37. The van der Waals surface area contributed by atoms with E-state index in [1.807, 2.05) is 6.07 Å². The molecule has 0 unspecified atom stereocenters. The molecule has 6 heteroatoms. The lowest BCUT2D eigenvalue weighted by Crippen LogP contribution is -2.36. The maximum Gasteiger partial charge on any atom is 0.294 e. The van der Waals surface area contributed by atoms with Gasteiger partial charge in [0.05, 0.1) is 0 Å². The van der Waals surface area contributed by atoms with Crippen molar-refractivity contribution in [2.45, 2.75) is 12.8 Å². The molecule has 2 aromatic rings. The molecule has 0 fully saturated rings. The molecule has 0 radical (unpaired) electrons. The summed E-state index contributed by atoms with van der Waals surface area (Å²) in [7, 11) is 0. The normalized spacial score (nSPS) is 13.9. The average Bonchev–Trinajstić information content (AvgIpc) is 2.91. The van der Waals surface area contributed by atoms with Crippen LogP contribution in [0.15, 0.2) is 34.7 Å². The molecule has 0 bridgehead atoms. The Labute approximate surface area is 126 Å². The molecule has 2 heterocycles. The van der Waals surface area contributed by atoms with E-state index in [4.69, 9.17) is 21.8 Å². The van der Waals surface area contributed by atoms with Crippen LogP contribution >= 0.6 is 11.6 Å². The second-order valence-corrected chi connectivity index (χ2v) is 5.20. The fourth-order valence-corrected chi connectivity index (χ4v) is 2.77. The summed E-state index contributed by atoms with van der Waals surface area (Å²) >= 11 is 5.71. The number of hydrogen-bond donors (Lipinski definition) is 1. The molecule has 5 nitrogen and oxygen atoms in total. The largest absolute Gasteiger partial charge is 0.440 e. The number of furan rings is 1. The topological polar surface area (TPSA) is 76.5 Å². The van der Waals surface area contributed by atoms with Gasteiger partial charge in [0, 0.05) is 17.8 Å². The zero-order valence-electron chi connectivity index (χ0n) is 11.1. The highest BCUT2D eigenvalue weighted by Gasteiger charge is 2.27. The number of carbonyl (C=O) groups excluding carboxylic acids is 2. The molecular formula is C15H13ClN2O3. The van der Waals surface area contributed by atoms with Crippen LogP contribution in [0.4, 0.5) is 5.69 Å². The van der Waals surface area contributed by atoms with Crippen molar-refractivity contribution in [1.29, 1.82) is 0 Å². The average molecular weight is 305 g/mol. The van der Waals surface area contributed by atoms with Gasteiger partial charge in [-0.3, -0.25) is 9.59 Å². The highest BCUT2D eigenvalue weighted by Crippen LogP contribution is 2.31. The Morgan fingerprint density at radius 3 is 2.71 bits per heavy atom. The van der Waals surface area contributed by atoms with E-state index in [2.05, 4.69) is 0 Å². The lowest BCUT2D eigenvalue weighted by Gasteiger charge is -2.29. The Hall–Kier alpha value is -2.27. The third-order valence-corrected chi connectivity index (χ3v) is 3.75. The van der Waals surface area contributed by atoms with Gasteiger partial charge in [0.25, 0.3) is 5.91 Å². The van der Waals surface area contributed by atoms with Gasteiger partial charge in [-0.25, -0.2) is 0 Å². The van der Waals surface area contributed by atoms with Crippen molar-refractivity contribution in [2.24, 2.45) is 5.73 Å². The molecule has 0 saturated heterocycles. The monoisotopic (exact) mass is 304 g/mol. The first-order valence-corrected chi connectivity index (χ1v) is 6.94. The number of halogens is 1. The number of benzene rings is 1. The second kappa shape index (κ2) is 5.26. The number of anilines is 1. The van der Waals surface area contributed by atoms with Crippen molar-refractivity contribution in [1.82, 2.24) is 0 Å². The van der Waals surface area contributed by atoms with E-state index in [0.29, 0.717) is 17.8 Å². The summed E-state index contributed by atoms with van der Waals surface area (Å²) in [5, 5.41) is 0.168. The molecule has 21 heavy (non-hydrogen) atoms. The molecule has 3 rings (SSSR count). The van der Waals surface area contributed by atoms with Gasteiger partial charge in [0.15, 0.2) is 11.0 Å². The minimum atomic E-state index is -0.484. The van der Waals surface area contributed by atoms with Crippen LogP contribution in [0, 0.1) is 0 Å². The van der Waals surface area contributed by atoms with E-state index in [-0.39, 0.29) is 16.9 Å². The molecule has 0 atom stereocenters. The number of nitrogens with zero attached hydrogens (tertiary/aromatic N) is 1. The van der Waals surface area contributed by atoms with Crippen molar-refractivity contribution in [3.8, 4) is 0 Å². The van der Waals surface area contributed by atoms with Crippen LogP contribution in [0.1, 0.15) is 32.9 Å².